The van der Waals surface area contributed by atoms with Gasteiger partial charge in [-0.15, -0.1) is 0 Å². The van der Waals surface area contributed by atoms with E-state index in [9.17, 15) is 0 Å². The molecular formula is C14H20O4. The summed E-state index contributed by atoms with van der Waals surface area (Å²) < 4.78 is 16.4. The first-order chi connectivity index (χ1) is 8.78. The first-order valence-electron chi connectivity index (χ1n) is 6.30. The minimum atomic E-state index is -0.589. The van der Waals surface area contributed by atoms with Crippen LogP contribution in [0.4, 0.5) is 0 Å². The van der Waals surface area contributed by atoms with E-state index in [0.29, 0.717) is 19.6 Å². The number of methoxy groups -OCH3 is 1. The Morgan fingerprint density at radius 1 is 1.17 bits per heavy atom. The number of aryl methyl sites for hydroxylation is 1. The second kappa shape index (κ2) is 6.18. The molecule has 0 saturated carbocycles. The molecule has 4 heteroatoms. The summed E-state index contributed by atoms with van der Waals surface area (Å²) in [7, 11) is 1.66. The van der Waals surface area contributed by atoms with Gasteiger partial charge in [-0.1, -0.05) is 12.1 Å². The molecule has 1 heterocycles. The van der Waals surface area contributed by atoms with Gasteiger partial charge in [0.25, 0.3) is 0 Å². The lowest BCUT2D eigenvalue weighted by Gasteiger charge is -2.26. The summed E-state index contributed by atoms with van der Waals surface area (Å²) in [5.74, 6) is 0.270. The van der Waals surface area contributed by atoms with Crippen LogP contribution in [-0.4, -0.2) is 37.8 Å². The lowest BCUT2D eigenvalue weighted by molar-refractivity contribution is -0.171. The van der Waals surface area contributed by atoms with E-state index in [1.807, 2.05) is 24.3 Å². The predicted octanol–water partition coefficient (Wildman–Crippen LogP) is 1.75. The van der Waals surface area contributed by atoms with E-state index in [1.54, 1.807) is 7.11 Å². The third-order valence-corrected chi connectivity index (χ3v) is 3.26. The van der Waals surface area contributed by atoms with Gasteiger partial charge in [0.2, 0.25) is 0 Å². The molecule has 0 aromatic heterocycles. The maximum absolute atomic E-state index is 9.08. The van der Waals surface area contributed by atoms with Crippen molar-refractivity contribution < 1.29 is 19.3 Å². The fourth-order valence-electron chi connectivity index (χ4n) is 2.21. The highest BCUT2D eigenvalue weighted by Gasteiger charge is 2.35. The number of rotatable bonds is 6. The van der Waals surface area contributed by atoms with E-state index in [0.717, 1.165) is 18.6 Å². The highest BCUT2D eigenvalue weighted by molar-refractivity contribution is 5.27. The van der Waals surface area contributed by atoms with Crippen LogP contribution in [0.5, 0.6) is 5.75 Å². The lowest BCUT2D eigenvalue weighted by Crippen LogP contribution is -2.32. The summed E-state index contributed by atoms with van der Waals surface area (Å²) in [4.78, 5) is 0. The molecule has 18 heavy (non-hydrogen) atoms. The van der Waals surface area contributed by atoms with Crippen molar-refractivity contribution in [2.75, 3.05) is 26.9 Å². The molecule has 1 fully saturated rings. The molecule has 0 aliphatic carbocycles. The zero-order valence-corrected chi connectivity index (χ0v) is 10.7. The van der Waals surface area contributed by atoms with E-state index in [4.69, 9.17) is 19.3 Å². The van der Waals surface area contributed by atoms with Crippen LogP contribution in [0.15, 0.2) is 24.3 Å². The predicted molar refractivity (Wildman–Crippen MR) is 67.7 cm³/mol. The first kappa shape index (κ1) is 13.3. The zero-order valence-electron chi connectivity index (χ0n) is 10.7. The largest absolute Gasteiger partial charge is 0.497 e. The van der Waals surface area contributed by atoms with E-state index in [2.05, 4.69) is 0 Å². The Bertz CT molecular complexity index is 355. The van der Waals surface area contributed by atoms with E-state index in [-0.39, 0.29) is 6.61 Å². The maximum atomic E-state index is 9.08. The van der Waals surface area contributed by atoms with Crippen LogP contribution in [0.3, 0.4) is 0 Å². The summed E-state index contributed by atoms with van der Waals surface area (Å²) >= 11 is 0. The van der Waals surface area contributed by atoms with Gasteiger partial charge in [-0.25, -0.2) is 0 Å². The van der Waals surface area contributed by atoms with Crippen LogP contribution in [0.2, 0.25) is 0 Å². The Balaban J connectivity index is 1.92. The van der Waals surface area contributed by atoms with Crippen molar-refractivity contribution in [3.05, 3.63) is 29.8 Å². The molecule has 0 radical (unpaired) electrons. The minimum absolute atomic E-state index is 0.0859. The number of ether oxygens (including phenoxy) is 3. The summed E-state index contributed by atoms with van der Waals surface area (Å²) in [5, 5.41) is 9.08. The maximum Gasteiger partial charge on any atom is 0.171 e. The third-order valence-electron chi connectivity index (χ3n) is 3.26. The Kier molecular flexibility index (Phi) is 4.58. The molecule has 4 nitrogen and oxygen atoms in total. The Labute approximate surface area is 107 Å². The van der Waals surface area contributed by atoms with Crippen molar-refractivity contribution in [1.29, 1.82) is 0 Å². The molecular weight excluding hydrogens is 232 g/mol. The number of hydrogen-bond donors (Lipinski definition) is 1. The molecule has 0 bridgehead atoms. The summed E-state index contributed by atoms with van der Waals surface area (Å²) in [6.07, 6.45) is 2.16. The zero-order chi connectivity index (χ0) is 12.8. The average Bonchev–Trinajstić information content (AvgIpc) is 2.87. The van der Waals surface area contributed by atoms with Gasteiger partial charge in [-0.3, -0.25) is 0 Å². The highest BCUT2D eigenvalue weighted by atomic mass is 16.7. The molecule has 1 aliphatic rings. The van der Waals surface area contributed by atoms with Gasteiger partial charge in [0, 0.05) is 19.4 Å². The second-order valence-corrected chi connectivity index (χ2v) is 4.43. The summed E-state index contributed by atoms with van der Waals surface area (Å²) in [5.41, 5.74) is 1.22. The van der Waals surface area contributed by atoms with Gasteiger partial charge < -0.3 is 19.3 Å². The molecule has 0 unspecified atom stereocenters. The minimum Gasteiger partial charge on any atom is -0.497 e. The molecule has 1 saturated heterocycles. The molecule has 1 N–H and O–H groups in total. The quantitative estimate of drug-likeness (QED) is 0.838. The van der Waals surface area contributed by atoms with E-state index >= 15 is 0 Å². The normalized spacial score (nSPS) is 17.9. The van der Waals surface area contributed by atoms with Gasteiger partial charge in [-0.2, -0.15) is 0 Å². The van der Waals surface area contributed by atoms with Crippen molar-refractivity contribution in [2.45, 2.75) is 25.0 Å². The summed E-state index contributed by atoms with van der Waals surface area (Å²) in [6, 6.07) is 7.98. The van der Waals surface area contributed by atoms with E-state index < -0.39 is 5.79 Å². The van der Waals surface area contributed by atoms with Gasteiger partial charge in [0.05, 0.1) is 20.3 Å². The standard InChI is InChI=1S/C14H20O4/c1-16-13-4-2-12(3-5-13)6-7-14(8-9-15)17-10-11-18-14/h2-5,15H,6-11H2,1H3. The number of hydrogen-bond acceptors (Lipinski definition) is 4. The van der Waals surface area contributed by atoms with Gasteiger partial charge in [-0.05, 0) is 24.1 Å². The third kappa shape index (κ3) is 3.22. The van der Waals surface area contributed by atoms with Crippen molar-refractivity contribution in [3.63, 3.8) is 0 Å². The molecule has 0 amide bonds. The Morgan fingerprint density at radius 2 is 1.83 bits per heavy atom. The highest BCUT2D eigenvalue weighted by Crippen LogP contribution is 2.28. The Hall–Kier alpha value is -1.10. The van der Waals surface area contributed by atoms with Crippen LogP contribution >= 0.6 is 0 Å². The van der Waals surface area contributed by atoms with Crippen molar-refractivity contribution in [1.82, 2.24) is 0 Å². The molecule has 1 aliphatic heterocycles. The monoisotopic (exact) mass is 252 g/mol. The average molecular weight is 252 g/mol. The van der Waals surface area contributed by atoms with Crippen molar-refractivity contribution in [3.8, 4) is 5.75 Å². The van der Waals surface area contributed by atoms with Crippen LogP contribution < -0.4 is 4.74 Å². The SMILES string of the molecule is COc1ccc(CCC2(CCO)OCCO2)cc1. The molecule has 1 aromatic rings. The van der Waals surface area contributed by atoms with Crippen molar-refractivity contribution >= 4 is 0 Å². The van der Waals surface area contributed by atoms with E-state index in [1.165, 1.54) is 5.56 Å². The van der Waals surface area contributed by atoms with Crippen LogP contribution in [0.25, 0.3) is 0 Å². The summed E-state index contributed by atoms with van der Waals surface area (Å²) in [6.45, 7) is 1.31. The number of aliphatic hydroxyl groups excluding tert-OH is 1. The lowest BCUT2D eigenvalue weighted by atomic mass is 10.0. The fraction of sp³-hybridized carbons (Fsp3) is 0.571. The first-order valence-corrected chi connectivity index (χ1v) is 6.30. The number of aliphatic hydroxyl groups is 1. The van der Waals surface area contributed by atoms with Crippen molar-refractivity contribution in [2.24, 2.45) is 0 Å². The fourth-order valence-corrected chi connectivity index (χ4v) is 2.21. The van der Waals surface area contributed by atoms with Gasteiger partial charge in [0.1, 0.15) is 5.75 Å². The van der Waals surface area contributed by atoms with Crippen LogP contribution in [0.1, 0.15) is 18.4 Å². The van der Waals surface area contributed by atoms with Crippen LogP contribution in [-0.2, 0) is 15.9 Å². The smallest absolute Gasteiger partial charge is 0.171 e. The molecule has 100 valence electrons. The topological polar surface area (TPSA) is 47.9 Å². The second-order valence-electron chi connectivity index (χ2n) is 4.43. The molecule has 2 rings (SSSR count). The molecule has 0 spiro atoms. The number of benzene rings is 1. The molecule has 0 atom stereocenters. The molecule has 1 aromatic carbocycles. The van der Waals surface area contributed by atoms with Gasteiger partial charge >= 0.3 is 0 Å². The Morgan fingerprint density at radius 3 is 2.39 bits per heavy atom. The van der Waals surface area contributed by atoms with Crippen LogP contribution in [0, 0.1) is 0 Å². The van der Waals surface area contributed by atoms with Gasteiger partial charge in [0.15, 0.2) is 5.79 Å².